The third-order valence-electron chi connectivity index (χ3n) is 5.54. The molecule has 0 bridgehead atoms. The predicted octanol–water partition coefficient (Wildman–Crippen LogP) is 1.95. The molecule has 0 aromatic heterocycles. The largest absolute Gasteiger partial charge is 0.354 e. The molecule has 140 valence electrons. The van der Waals surface area contributed by atoms with Gasteiger partial charge >= 0.3 is 0 Å². The lowest BCUT2D eigenvalue weighted by Crippen LogP contribution is -2.56. The van der Waals surface area contributed by atoms with Crippen LogP contribution in [0.15, 0.2) is 0 Å². The third-order valence-corrected chi connectivity index (χ3v) is 5.54. The quantitative estimate of drug-likeness (QED) is 0.795. The highest BCUT2D eigenvalue weighted by molar-refractivity contribution is 5.82. The van der Waals surface area contributed by atoms with Crippen molar-refractivity contribution in [2.75, 3.05) is 13.1 Å². The Hall–Kier alpha value is -1.61. The fraction of sp³-hybridized carbons (Fsp3) is 0.842. The summed E-state index contributed by atoms with van der Waals surface area (Å²) in [6.45, 7) is 7.32. The Morgan fingerprint density at radius 2 is 1.72 bits per heavy atom. The molecule has 1 aliphatic heterocycles. The Balaban J connectivity index is 1.85. The van der Waals surface area contributed by atoms with Crippen molar-refractivity contribution in [1.82, 2.24) is 15.5 Å². The van der Waals surface area contributed by atoms with Crippen LogP contribution in [-0.4, -0.2) is 47.4 Å². The molecule has 2 amide bonds. The lowest BCUT2D eigenvalue weighted by Gasteiger charge is -2.37. The van der Waals surface area contributed by atoms with Gasteiger partial charge in [0.2, 0.25) is 11.8 Å². The van der Waals surface area contributed by atoms with Gasteiger partial charge in [0.05, 0.1) is 12.1 Å². The predicted molar refractivity (Wildman–Crippen MR) is 96.6 cm³/mol. The number of likely N-dealkylation sites (tertiary alicyclic amines) is 1. The van der Waals surface area contributed by atoms with E-state index in [1.807, 2.05) is 20.8 Å². The van der Waals surface area contributed by atoms with Crippen LogP contribution in [0.25, 0.3) is 0 Å². The lowest BCUT2D eigenvalue weighted by molar-refractivity contribution is -0.129. The molecule has 2 fully saturated rings. The standard InChI is InChI=1S/C19H32N4O2/c1-14(2)21-18(25)16-7-11-23(12-8-16)15(3)17(24)22-19(13-20)9-5-4-6-10-19/h14-16H,4-12H2,1-3H3,(H,21,25)(H,22,24)/t15-/m0/s1. The monoisotopic (exact) mass is 348 g/mol. The number of hydrogen-bond acceptors (Lipinski definition) is 4. The van der Waals surface area contributed by atoms with E-state index in [1.165, 1.54) is 0 Å². The van der Waals surface area contributed by atoms with Crippen LogP contribution in [0.1, 0.15) is 65.7 Å². The zero-order valence-corrected chi connectivity index (χ0v) is 15.8. The molecule has 2 N–H and O–H groups in total. The molecule has 2 aliphatic rings. The number of nitrogens with zero attached hydrogens (tertiary/aromatic N) is 2. The molecule has 1 saturated heterocycles. The number of carbonyl (C=O) groups is 2. The topological polar surface area (TPSA) is 85.2 Å². The second-order valence-corrected chi connectivity index (χ2v) is 7.89. The molecular formula is C19H32N4O2. The summed E-state index contributed by atoms with van der Waals surface area (Å²) in [5.74, 6) is 0.101. The van der Waals surface area contributed by atoms with E-state index >= 15 is 0 Å². The smallest absolute Gasteiger partial charge is 0.238 e. The number of piperidine rings is 1. The van der Waals surface area contributed by atoms with Crippen LogP contribution in [0.5, 0.6) is 0 Å². The molecule has 25 heavy (non-hydrogen) atoms. The van der Waals surface area contributed by atoms with Crippen LogP contribution in [0, 0.1) is 17.2 Å². The molecule has 0 unspecified atom stereocenters. The van der Waals surface area contributed by atoms with Crippen LogP contribution in [-0.2, 0) is 9.59 Å². The zero-order chi connectivity index (χ0) is 18.4. The fourth-order valence-electron chi connectivity index (χ4n) is 3.88. The molecule has 1 saturated carbocycles. The first-order valence-electron chi connectivity index (χ1n) is 9.64. The minimum atomic E-state index is -0.681. The third kappa shape index (κ3) is 5.18. The van der Waals surface area contributed by atoms with E-state index in [2.05, 4.69) is 21.6 Å². The second kappa shape index (κ2) is 8.66. The number of nitrogens with one attached hydrogen (secondary N) is 2. The van der Waals surface area contributed by atoms with E-state index in [0.717, 1.165) is 58.0 Å². The Labute approximate surface area is 151 Å². The summed E-state index contributed by atoms with van der Waals surface area (Å²) >= 11 is 0. The molecule has 0 spiro atoms. The first-order valence-corrected chi connectivity index (χ1v) is 9.64. The molecule has 6 nitrogen and oxygen atoms in total. The van der Waals surface area contributed by atoms with Crippen LogP contribution >= 0.6 is 0 Å². The Morgan fingerprint density at radius 3 is 2.24 bits per heavy atom. The molecule has 0 radical (unpaired) electrons. The maximum atomic E-state index is 12.7. The minimum Gasteiger partial charge on any atom is -0.354 e. The zero-order valence-electron chi connectivity index (χ0n) is 15.8. The fourth-order valence-corrected chi connectivity index (χ4v) is 3.88. The van der Waals surface area contributed by atoms with E-state index in [9.17, 15) is 14.9 Å². The lowest BCUT2D eigenvalue weighted by atomic mass is 9.82. The van der Waals surface area contributed by atoms with Crippen molar-refractivity contribution in [3.05, 3.63) is 0 Å². The van der Waals surface area contributed by atoms with Gasteiger partial charge in [0.1, 0.15) is 5.54 Å². The van der Waals surface area contributed by atoms with Gasteiger partial charge in [0.25, 0.3) is 0 Å². The normalized spacial score (nSPS) is 22.8. The summed E-state index contributed by atoms with van der Waals surface area (Å²) in [6.07, 6.45) is 6.19. The summed E-state index contributed by atoms with van der Waals surface area (Å²) in [6, 6.07) is 2.24. The number of amides is 2. The molecule has 1 aliphatic carbocycles. The maximum absolute atomic E-state index is 12.7. The molecule has 0 aromatic rings. The van der Waals surface area contributed by atoms with Crippen molar-refractivity contribution in [3.8, 4) is 6.07 Å². The van der Waals surface area contributed by atoms with E-state index in [1.54, 1.807) is 0 Å². The summed E-state index contributed by atoms with van der Waals surface area (Å²) in [7, 11) is 0. The summed E-state index contributed by atoms with van der Waals surface area (Å²) < 4.78 is 0. The Kier molecular flexibility index (Phi) is 6.83. The molecule has 0 aromatic carbocycles. The van der Waals surface area contributed by atoms with E-state index < -0.39 is 5.54 Å². The van der Waals surface area contributed by atoms with Gasteiger partial charge in [0, 0.05) is 12.0 Å². The van der Waals surface area contributed by atoms with Gasteiger partial charge in [-0.25, -0.2) is 0 Å². The van der Waals surface area contributed by atoms with Crippen molar-refractivity contribution in [2.24, 2.45) is 5.92 Å². The van der Waals surface area contributed by atoms with Crippen LogP contribution < -0.4 is 10.6 Å². The first kappa shape index (κ1) is 19.7. The molecule has 2 rings (SSSR count). The second-order valence-electron chi connectivity index (χ2n) is 7.89. The van der Waals surface area contributed by atoms with Crippen LogP contribution in [0.3, 0.4) is 0 Å². The number of rotatable bonds is 5. The highest BCUT2D eigenvalue weighted by atomic mass is 16.2. The van der Waals surface area contributed by atoms with Crippen molar-refractivity contribution >= 4 is 11.8 Å². The van der Waals surface area contributed by atoms with Gasteiger partial charge in [-0.15, -0.1) is 0 Å². The van der Waals surface area contributed by atoms with Gasteiger partial charge in [0.15, 0.2) is 0 Å². The van der Waals surface area contributed by atoms with Crippen molar-refractivity contribution in [1.29, 1.82) is 5.26 Å². The first-order chi connectivity index (χ1) is 11.9. The van der Waals surface area contributed by atoms with Crippen molar-refractivity contribution in [3.63, 3.8) is 0 Å². The SMILES string of the molecule is CC(C)NC(=O)C1CCN([C@@H](C)C(=O)NC2(C#N)CCCCC2)CC1. The van der Waals surface area contributed by atoms with Crippen LogP contribution in [0.2, 0.25) is 0 Å². The van der Waals surface area contributed by atoms with Crippen LogP contribution in [0.4, 0.5) is 0 Å². The molecular weight excluding hydrogens is 316 g/mol. The van der Waals surface area contributed by atoms with E-state index in [0.29, 0.717) is 0 Å². The Bertz CT molecular complexity index is 512. The average molecular weight is 348 g/mol. The Morgan fingerprint density at radius 1 is 1.12 bits per heavy atom. The summed E-state index contributed by atoms with van der Waals surface area (Å²) in [5, 5.41) is 15.5. The highest BCUT2D eigenvalue weighted by Gasteiger charge is 2.36. The summed E-state index contributed by atoms with van der Waals surface area (Å²) in [4.78, 5) is 26.9. The van der Waals surface area contributed by atoms with Crippen molar-refractivity contribution in [2.45, 2.75) is 83.3 Å². The van der Waals surface area contributed by atoms with Gasteiger partial charge in [-0.3, -0.25) is 14.5 Å². The van der Waals surface area contributed by atoms with Crippen molar-refractivity contribution < 1.29 is 9.59 Å². The molecule has 1 atom stereocenters. The van der Waals surface area contributed by atoms with Gasteiger partial charge in [-0.1, -0.05) is 19.3 Å². The van der Waals surface area contributed by atoms with E-state index in [-0.39, 0.29) is 29.8 Å². The number of hydrogen-bond donors (Lipinski definition) is 2. The maximum Gasteiger partial charge on any atom is 0.238 e. The molecule has 1 heterocycles. The molecule has 6 heteroatoms. The van der Waals surface area contributed by atoms with Gasteiger partial charge < -0.3 is 10.6 Å². The minimum absolute atomic E-state index is 0.0395. The summed E-state index contributed by atoms with van der Waals surface area (Å²) in [5.41, 5.74) is -0.681. The van der Waals surface area contributed by atoms with E-state index in [4.69, 9.17) is 0 Å². The number of carbonyl (C=O) groups excluding carboxylic acids is 2. The highest BCUT2D eigenvalue weighted by Crippen LogP contribution is 2.28. The average Bonchev–Trinajstić information content (AvgIpc) is 2.61. The number of nitriles is 1. The van der Waals surface area contributed by atoms with Gasteiger partial charge in [-0.2, -0.15) is 5.26 Å². The van der Waals surface area contributed by atoms with Gasteiger partial charge in [-0.05, 0) is 59.5 Å².